The highest BCUT2D eigenvalue weighted by atomic mass is 79.9. The van der Waals surface area contributed by atoms with Crippen molar-refractivity contribution >= 4 is 39.3 Å². The molecule has 1 aliphatic carbocycles. The van der Waals surface area contributed by atoms with Gasteiger partial charge in [0.15, 0.2) is 0 Å². The predicted octanol–water partition coefficient (Wildman–Crippen LogP) is 3.80. The Morgan fingerprint density at radius 1 is 1.16 bits per heavy atom. The third-order valence-electron chi connectivity index (χ3n) is 7.98. The van der Waals surface area contributed by atoms with E-state index >= 15 is 0 Å². The fraction of sp³-hybridized carbons (Fsp3) is 0.607. The Labute approximate surface area is 226 Å². The van der Waals surface area contributed by atoms with E-state index in [1.807, 2.05) is 38.1 Å². The van der Waals surface area contributed by atoms with Crippen LogP contribution in [0.2, 0.25) is 0 Å². The number of carbonyl (C=O) groups is 3. The van der Waals surface area contributed by atoms with Crippen LogP contribution in [0.15, 0.2) is 40.9 Å². The van der Waals surface area contributed by atoms with Crippen LogP contribution in [0.3, 0.4) is 0 Å². The minimum Gasteiger partial charge on any atom is -0.379 e. The van der Waals surface area contributed by atoms with Crippen LogP contribution < -0.4 is 10.6 Å². The zero-order chi connectivity index (χ0) is 26.2. The summed E-state index contributed by atoms with van der Waals surface area (Å²) in [5.41, 5.74) is -0.491. The number of fused-ring (bicyclic) bond motifs is 1. The Kier molecular flexibility index (Phi) is 7.75. The second-order valence-corrected chi connectivity index (χ2v) is 11.8. The van der Waals surface area contributed by atoms with Crippen LogP contribution in [-0.2, 0) is 23.9 Å². The summed E-state index contributed by atoms with van der Waals surface area (Å²) < 4.78 is 13.0. The topological polar surface area (TPSA) is 97.0 Å². The van der Waals surface area contributed by atoms with Gasteiger partial charge in [0.1, 0.15) is 11.6 Å². The van der Waals surface area contributed by atoms with Crippen molar-refractivity contribution in [3.05, 3.63) is 40.9 Å². The highest BCUT2D eigenvalue weighted by Gasteiger charge is 2.72. The summed E-state index contributed by atoms with van der Waals surface area (Å²) in [7, 11) is 0. The maximum Gasteiger partial charge on any atom is 0.246 e. The third-order valence-corrected chi connectivity index (χ3v) is 8.51. The molecule has 5 rings (SSSR count). The molecule has 200 valence electrons. The number of hydrogen-bond donors (Lipinski definition) is 2. The molecule has 1 spiro atoms. The Morgan fingerprint density at radius 3 is 2.59 bits per heavy atom. The number of rotatable bonds is 9. The summed E-state index contributed by atoms with van der Waals surface area (Å²) in [5.74, 6) is -2.11. The Hall–Kier alpha value is -2.23. The quantitative estimate of drug-likeness (QED) is 0.346. The highest BCUT2D eigenvalue weighted by molar-refractivity contribution is 9.10. The van der Waals surface area contributed by atoms with Gasteiger partial charge in [-0.3, -0.25) is 14.4 Å². The van der Waals surface area contributed by atoms with Crippen LogP contribution in [0.1, 0.15) is 52.4 Å². The molecule has 2 N–H and O–H groups in total. The maximum atomic E-state index is 13.9. The molecule has 3 aliphatic heterocycles. The first-order valence-corrected chi connectivity index (χ1v) is 14.3. The second kappa shape index (κ2) is 10.9. The molecule has 1 aromatic rings. The number of likely N-dealkylation sites (tertiary alicyclic amines) is 1. The lowest BCUT2D eigenvalue weighted by Gasteiger charge is -2.34. The fourth-order valence-electron chi connectivity index (χ4n) is 6.35. The molecule has 5 atom stereocenters. The number of hydrogen-bond acceptors (Lipinski definition) is 5. The molecule has 37 heavy (non-hydrogen) atoms. The van der Waals surface area contributed by atoms with E-state index in [1.54, 1.807) is 17.0 Å². The molecule has 1 saturated carbocycles. The van der Waals surface area contributed by atoms with Crippen LogP contribution in [0.4, 0.5) is 5.69 Å². The molecule has 2 saturated heterocycles. The van der Waals surface area contributed by atoms with Crippen LogP contribution in [0, 0.1) is 11.8 Å². The number of amides is 3. The number of nitrogens with zero attached hydrogens (tertiary/aromatic N) is 1. The van der Waals surface area contributed by atoms with Crippen molar-refractivity contribution in [1.82, 2.24) is 10.2 Å². The first-order chi connectivity index (χ1) is 17.8. The number of ether oxygens (including phenoxy) is 2. The van der Waals surface area contributed by atoms with Gasteiger partial charge in [-0.25, -0.2) is 0 Å². The van der Waals surface area contributed by atoms with Gasteiger partial charge in [0.05, 0.1) is 24.0 Å². The van der Waals surface area contributed by atoms with Crippen molar-refractivity contribution < 1.29 is 23.9 Å². The molecular weight excluding hydrogens is 538 g/mol. The smallest absolute Gasteiger partial charge is 0.246 e. The van der Waals surface area contributed by atoms with Gasteiger partial charge in [-0.15, -0.1) is 0 Å². The minimum atomic E-state index is -1.14. The van der Waals surface area contributed by atoms with Crippen molar-refractivity contribution in [2.75, 3.05) is 18.5 Å². The summed E-state index contributed by atoms with van der Waals surface area (Å²) in [5, 5.41) is 6.17. The molecule has 1 aromatic carbocycles. The maximum absolute atomic E-state index is 13.9. The average molecular weight is 575 g/mol. The van der Waals surface area contributed by atoms with Crippen LogP contribution in [0.25, 0.3) is 0 Å². The Morgan fingerprint density at radius 2 is 1.89 bits per heavy atom. The average Bonchev–Trinajstić information content (AvgIpc) is 3.51. The van der Waals surface area contributed by atoms with Crippen LogP contribution in [-0.4, -0.2) is 65.7 Å². The molecule has 2 bridgehead atoms. The lowest BCUT2D eigenvalue weighted by atomic mass is 9.74. The standard InChI is InChI=1S/C28H36BrN3O5/c1-17(2)36-16-6-15-32-24(26(34)31-19-7-4-3-5-8-19)28-14-13-21(37-28)22(23(28)27(32)35)25(33)30-20-11-9-18(29)10-12-20/h9-14,17,19,21-24H,3-8,15-16H2,1-2H3,(H,30,33)(H,31,34)/t21-,22+,23-,24-,28+/m1/s1. The Balaban J connectivity index is 1.39. The van der Waals surface area contributed by atoms with Gasteiger partial charge in [-0.1, -0.05) is 47.3 Å². The summed E-state index contributed by atoms with van der Waals surface area (Å²) in [4.78, 5) is 42.8. The van der Waals surface area contributed by atoms with Gasteiger partial charge in [0.2, 0.25) is 17.7 Å². The summed E-state index contributed by atoms with van der Waals surface area (Å²) in [6, 6.07) is 6.61. The minimum absolute atomic E-state index is 0.0891. The first kappa shape index (κ1) is 26.4. The molecule has 0 radical (unpaired) electrons. The van der Waals surface area contributed by atoms with E-state index < -0.39 is 29.6 Å². The molecule has 9 heteroatoms. The second-order valence-electron chi connectivity index (χ2n) is 10.8. The monoisotopic (exact) mass is 573 g/mol. The number of nitrogens with one attached hydrogen (secondary N) is 2. The van der Waals surface area contributed by atoms with Crippen molar-refractivity contribution in [2.45, 2.75) is 82.3 Å². The third kappa shape index (κ3) is 5.10. The molecule has 3 fully saturated rings. The lowest BCUT2D eigenvalue weighted by Crippen LogP contribution is -2.56. The summed E-state index contributed by atoms with van der Waals surface area (Å²) >= 11 is 3.41. The predicted molar refractivity (Wildman–Crippen MR) is 143 cm³/mol. The SMILES string of the molecule is CC(C)OCCCN1C(=O)[C@H]2[C@@H](C(=O)Nc3ccc(Br)cc3)[C@H]3C=C[C@@]2(O3)[C@H]1C(=O)NC1CCCCC1. The van der Waals surface area contributed by atoms with E-state index in [0.29, 0.717) is 25.3 Å². The van der Waals surface area contributed by atoms with E-state index in [9.17, 15) is 14.4 Å². The van der Waals surface area contributed by atoms with E-state index in [0.717, 1.165) is 30.2 Å². The first-order valence-electron chi connectivity index (χ1n) is 13.5. The van der Waals surface area contributed by atoms with Gasteiger partial charge in [-0.05, 0) is 57.4 Å². The largest absolute Gasteiger partial charge is 0.379 e. The van der Waals surface area contributed by atoms with Crippen molar-refractivity contribution in [3.63, 3.8) is 0 Å². The molecule has 0 aromatic heterocycles. The van der Waals surface area contributed by atoms with Crippen LogP contribution >= 0.6 is 15.9 Å². The molecular formula is C28H36BrN3O5. The fourth-order valence-corrected chi connectivity index (χ4v) is 6.61. The summed E-state index contributed by atoms with van der Waals surface area (Å²) in [6.07, 6.45) is 9.12. The Bertz CT molecular complexity index is 1050. The summed E-state index contributed by atoms with van der Waals surface area (Å²) in [6.45, 7) is 4.80. The van der Waals surface area contributed by atoms with Gasteiger partial charge in [0.25, 0.3) is 0 Å². The molecule has 3 heterocycles. The number of anilines is 1. The van der Waals surface area contributed by atoms with Crippen molar-refractivity contribution in [1.29, 1.82) is 0 Å². The van der Waals surface area contributed by atoms with E-state index in [-0.39, 0.29) is 29.9 Å². The zero-order valence-electron chi connectivity index (χ0n) is 21.5. The molecule has 4 aliphatic rings. The lowest BCUT2D eigenvalue weighted by molar-refractivity contribution is -0.141. The van der Waals surface area contributed by atoms with E-state index in [4.69, 9.17) is 9.47 Å². The van der Waals surface area contributed by atoms with Crippen LogP contribution in [0.5, 0.6) is 0 Å². The molecule has 0 unspecified atom stereocenters. The van der Waals surface area contributed by atoms with E-state index in [1.165, 1.54) is 6.42 Å². The zero-order valence-corrected chi connectivity index (χ0v) is 23.0. The van der Waals surface area contributed by atoms with Crippen molar-refractivity contribution in [2.24, 2.45) is 11.8 Å². The molecule has 3 amide bonds. The van der Waals surface area contributed by atoms with Crippen molar-refractivity contribution in [3.8, 4) is 0 Å². The normalized spacial score (nSPS) is 30.7. The number of benzene rings is 1. The number of carbonyl (C=O) groups excluding carboxylic acids is 3. The molecule has 8 nitrogen and oxygen atoms in total. The number of halogens is 1. The highest BCUT2D eigenvalue weighted by Crippen LogP contribution is 2.55. The van der Waals surface area contributed by atoms with Gasteiger partial charge < -0.3 is 25.0 Å². The van der Waals surface area contributed by atoms with Gasteiger partial charge in [0, 0.05) is 29.4 Å². The van der Waals surface area contributed by atoms with Gasteiger partial charge >= 0.3 is 0 Å². The van der Waals surface area contributed by atoms with E-state index in [2.05, 4.69) is 26.6 Å². The van der Waals surface area contributed by atoms with Gasteiger partial charge in [-0.2, -0.15) is 0 Å².